The summed E-state index contributed by atoms with van der Waals surface area (Å²) in [5.74, 6) is -0.0408. The van der Waals surface area contributed by atoms with Crippen LogP contribution in [-0.4, -0.2) is 49.3 Å². The molecular formula is C23H26N4O2. The van der Waals surface area contributed by atoms with E-state index < -0.39 is 0 Å². The van der Waals surface area contributed by atoms with Gasteiger partial charge in [0, 0.05) is 37.4 Å². The van der Waals surface area contributed by atoms with E-state index in [1.165, 1.54) is 6.92 Å². The van der Waals surface area contributed by atoms with Gasteiger partial charge in [-0.3, -0.25) is 14.5 Å². The highest BCUT2D eigenvalue weighted by molar-refractivity contribution is 5.95. The molecule has 1 fully saturated rings. The molecule has 6 heteroatoms. The van der Waals surface area contributed by atoms with Crippen molar-refractivity contribution in [3.05, 3.63) is 58.7 Å². The molecule has 2 aromatic carbocycles. The minimum Gasteiger partial charge on any atom is -0.368 e. The quantitative estimate of drug-likeness (QED) is 0.794. The summed E-state index contributed by atoms with van der Waals surface area (Å²) >= 11 is 0. The zero-order valence-electron chi connectivity index (χ0n) is 17.2. The van der Waals surface area contributed by atoms with Gasteiger partial charge in [-0.15, -0.1) is 0 Å². The zero-order chi connectivity index (χ0) is 21.0. The molecule has 6 nitrogen and oxygen atoms in total. The lowest BCUT2D eigenvalue weighted by atomic mass is 10.1. The van der Waals surface area contributed by atoms with Crippen LogP contribution in [0.25, 0.3) is 0 Å². The molecule has 29 heavy (non-hydrogen) atoms. The molecule has 0 aromatic heterocycles. The average Bonchev–Trinajstić information content (AvgIpc) is 2.71. The predicted molar refractivity (Wildman–Crippen MR) is 114 cm³/mol. The number of benzene rings is 2. The van der Waals surface area contributed by atoms with E-state index in [1.54, 1.807) is 18.2 Å². The van der Waals surface area contributed by atoms with Crippen molar-refractivity contribution in [2.45, 2.75) is 20.8 Å². The van der Waals surface area contributed by atoms with Gasteiger partial charge >= 0.3 is 0 Å². The molecule has 1 N–H and O–H groups in total. The molecular weight excluding hydrogens is 364 g/mol. The standard InChI is InChI=1S/C23H26N4O2/c1-16-5-4-6-21(17(16)2)25-23(29)15-26-9-11-27(12-10-26)22-13-19(18(3)28)7-8-20(22)14-24/h4-8,13H,9-12,15H2,1-3H3,(H,25,29). The fraction of sp³-hybridized carbons (Fsp3) is 0.348. The molecule has 3 rings (SSSR count). The second-order valence-electron chi connectivity index (χ2n) is 7.46. The number of hydrogen-bond acceptors (Lipinski definition) is 5. The normalized spacial score (nSPS) is 14.3. The fourth-order valence-corrected chi connectivity index (χ4v) is 3.53. The van der Waals surface area contributed by atoms with E-state index >= 15 is 0 Å². The summed E-state index contributed by atoms with van der Waals surface area (Å²) in [6, 6.07) is 13.3. The topological polar surface area (TPSA) is 76.4 Å². The number of aryl methyl sites for hydroxylation is 1. The number of carbonyl (C=O) groups is 2. The molecule has 0 radical (unpaired) electrons. The Hall–Kier alpha value is -3.17. The van der Waals surface area contributed by atoms with Gasteiger partial charge in [0.2, 0.25) is 5.91 Å². The minimum absolute atomic E-state index is 0.0162. The molecule has 0 atom stereocenters. The Balaban J connectivity index is 1.60. The van der Waals surface area contributed by atoms with Crippen LogP contribution in [0.1, 0.15) is 34.0 Å². The molecule has 150 valence electrons. The molecule has 1 aliphatic heterocycles. The minimum atomic E-state index is -0.0246. The lowest BCUT2D eigenvalue weighted by molar-refractivity contribution is -0.117. The van der Waals surface area contributed by atoms with Gasteiger partial charge in [0.05, 0.1) is 17.8 Å². The number of nitriles is 1. The Morgan fingerprint density at radius 1 is 1.10 bits per heavy atom. The van der Waals surface area contributed by atoms with Crippen LogP contribution >= 0.6 is 0 Å². The van der Waals surface area contributed by atoms with Gasteiger partial charge in [0.25, 0.3) is 0 Å². The summed E-state index contributed by atoms with van der Waals surface area (Å²) in [4.78, 5) is 28.4. The highest BCUT2D eigenvalue weighted by Gasteiger charge is 2.22. The van der Waals surface area contributed by atoms with Gasteiger partial charge in [-0.2, -0.15) is 5.26 Å². The maximum absolute atomic E-state index is 12.5. The van der Waals surface area contributed by atoms with Crippen molar-refractivity contribution in [3.8, 4) is 6.07 Å². The number of nitrogens with zero attached hydrogens (tertiary/aromatic N) is 3. The molecule has 2 aromatic rings. The molecule has 1 saturated heterocycles. The molecule has 1 heterocycles. The molecule has 0 unspecified atom stereocenters. The number of nitrogens with one attached hydrogen (secondary N) is 1. The van der Waals surface area contributed by atoms with Crippen LogP contribution in [0.4, 0.5) is 11.4 Å². The Labute approximate surface area is 171 Å². The first-order valence-corrected chi connectivity index (χ1v) is 9.77. The Kier molecular flexibility index (Phi) is 6.30. The van der Waals surface area contributed by atoms with E-state index in [0.29, 0.717) is 30.8 Å². The SMILES string of the molecule is CC(=O)c1ccc(C#N)c(N2CCN(CC(=O)Nc3cccc(C)c3C)CC2)c1. The van der Waals surface area contributed by atoms with Gasteiger partial charge in [-0.1, -0.05) is 12.1 Å². The highest BCUT2D eigenvalue weighted by Crippen LogP contribution is 2.24. The summed E-state index contributed by atoms with van der Waals surface area (Å²) in [6.45, 7) is 8.73. The number of rotatable bonds is 5. The van der Waals surface area contributed by atoms with E-state index in [9.17, 15) is 14.9 Å². The van der Waals surface area contributed by atoms with Crippen molar-refractivity contribution in [1.82, 2.24) is 4.90 Å². The van der Waals surface area contributed by atoms with Crippen molar-refractivity contribution in [2.75, 3.05) is 42.9 Å². The fourth-order valence-electron chi connectivity index (χ4n) is 3.53. The average molecular weight is 390 g/mol. The first-order valence-electron chi connectivity index (χ1n) is 9.77. The number of Topliss-reactive ketones (excluding diaryl/α,β-unsaturated/α-hetero) is 1. The van der Waals surface area contributed by atoms with Crippen molar-refractivity contribution in [1.29, 1.82) is 5.26 Å². The predicted octanol–water partition coefficient (Wildman–Crippen LogP) is 3.14. The van der Waals surface area contributed by atoms with Gasteiger partial charge in [-0.25, -0.2) is 0 Å². The van der Waals surface area contributed by atoms with E-state index in [0.717, 1.165) is 35.6 Å². The summed E-state index contributed by atoms with van der Waals surface area (Å²) < 4.78 is 0. The van der Waals surface area contributed by atoms with Crippen LogP contribution in [0.5, 0.6) is 0 Å². The molecule has 0 aliphatic carbocycles. The highest BCUT2D eigenvalue weighted by atomic mass is 16.2. The first kappa shape index (κ1) is 20.6. The van der Waals surface area contributed by atoms with Crippen LogP contribution in [-0.2, 0) is 4.79 Å². The summed E-state index contributed by atoms with van der Waals surface area (Å²) in [5, 5.41) is 12.4. The van der Waals surface area contributed by atoms with E-state index in [-0.39, 0.29) is 11.7 Å². The maximum atomic E-state index is 12.5. The number of piperazine rings is 1. The van der Waals surface area contributed by atoms with Gasteiger partial charge in [0.1, 0.15) is 6.07 Å². The number of ketones is 1. The largest absolute Gasteiger partial charge is 0.368 e. The smallest absolute Gasteiger partial charge is 0.238 e. The van der Waals surface area contributed by atoms with Gasteiger partial charge < -0.3 is 10.2 Å². The van der Waals surface area contributed by atoms with E-state index in [4.69, 9.17) is 0 Å². The van der Waals surface area contributed by atoms with E-state index in [1.807, 2.05) is 32.0 Å². The Morgan fingerprint density at radius 2 is 1.83 bits per heavy atom. The third-order valence-corrected chi connectivity index (χ3v) is 5.48. The number of carbonyl (C=O) groups excluding carboxylic acids is 2. The summed E-state index contributed by atoms with van der Waals surface area (Å²) in [6.07, 6.45) is 0. The number of hydrogen-bond donors (Lipinski definition) is 1. The van der Waals surface area contributed by atoms with Crippen LogP contribution in [0, 0.1) is 25.2 Å². The Morgan fingerprint density at radius 3 is 2.48 bits per heavy atom. The lowest BCUT2D eigenvalue weighted by Crippen LogP contribution is -2.49. The molecule has 1 aliphatic rings. The van der Waals surface area contributed by atoms with Gasteiger partial charge in [0.15, 0.2) is 5.78 Å². The third kappa shape index (κ3) is 4.82. The van der Waals surface area contributed by atoms with Crippen LogP contribution in [0.15, 0.2) is 36.4 Å². The second-order valence-corrected chi connectivity index (χ2v) is 7.46. The van der Waals surface area contributed by atoms with E-state index in [2.05, 4.69) is 21.2 Å². The number of anilines is 2. The zero-order valence-corrected chi connectivity index (χ0v) is 17.2. The molecule has 0 saturated carbocycles. The first-order chi connectivity index (χ1) is 13.9. The molecule has 0 bridgehead atoms. The molecule has 1 amide bonds. The summed E-state index contributed by atoms with van der Waals surface area (Å²) in [7, 11) is 0. The van der Waals surface area contributed by atoms with Crippen molar-refractivity contribution in [2.24, 2.45) is 0 Å². The van der Waals surface area contributed by atoms with Crippen molar-refractivity contribution < 1.29 is 9.59 Å². The third-order valence-electron chi connectivity index (χ3n) is 5.48. The summed E-state index contributed by atoms with van der Waals surface area (Å²) in [5.41, 5.74) is 5.05. The number of amides is 1. The van der Waals surface area contributed by atoms with Gasteiger partial charge in [-0.05, 0) is 56.2 Å². The maximum Gasteiger partial charge on any atom is 0.238 e. The Bertz CT molecular complexity index is 969. The monoisotopic (exact) mass is 390 g/mol. The van der Waals surface area contributed by atoms with Crippen LogP contribution < -0.4 is 10.2 Å². The lowest BCUT2D eigenvalue weighted by Gasteiger charge is -2.36. The van der Waals surface area contributed by atoms with Crippen LogP contribution in [0.3, 0.4) is 0 Å². The van der Waals surface area contributed by atoms with Crippen molar-refractivity contribution >= 4 is 23.1 Å². The second kappa shape index (κ2) is 8.89. The molecule has 0 spiro atoms. The van der Waals surface area contributed by atoms with Crippen molar-refractivity contribution in [3.63, 3.8) is 0 Å². The van der Waals surface area contributed by atoms with Crippen LogP contribution in [0.2, 0.25) is 0 Å².